The lowest BCUT2D eigenvalue weighted by Crippen LogP contribution is -2.58. The van der Waals surface area contributed by atoms with Gasteiger partial charge in [-0.25, -0.2) is 4.79 Å². The molecule has 0 unspecified atom stereocenters. The Morgan fingerprint density at radius 2 is 1.57 bits per heavy atom. The number of halogens is 7. The molecule has 1 rings (SSSR count). The zero-order chi connectivity index (χ0) is 21.8. The van der Waals surface area contributed by atoms with Gasteiger partial charge < -0.3 is 15.2 Å². The number of benzene rings is 1. The maximum atomic E-state index is 13.4. The third kappa shape index (κ3) is 5.12. The number of alkyl halides is 7. The normalized spacial score (nSPS) is 14.9. The van der Waals surface area contributed by atoms with Crippen LogP contribution in [0.1, 0.15) is 23.2 Å². The van der Waals surface area contributed by atoms with Crippen molar-refractivity contribution in [2.45, 2.75) is 43.0 Å². The third-order valence-electron chi connectivity index (χ3n) is 3.75. The summed E-state index contributed by atoms with van der Waals surface area (Å²) < 4.78 is 93.6. The summed E-state index contributed by atoms with van der Waals surface area (Å²) in [6.07, 6.45) is -12.3. The molecule has 1 aromatic rings. The van der Waals surface area contributed by atoms with Gasteiger partial charge in [-0.2, -0.15) is 30.7 Å². The number of rotatable bonds is 8. The zero-order valence-corrected chi connectivity index (χ0v) is 14.3. The van der Waals surface area contributed by atoms with Gasteiger partial charge in [0, 0.05) is 5.56 Å². The number of esters is 1. The number of aliphatic hydroxyl groups is 1. The van der Waals surface area contributed by atoms with Gasteiger partial charge in [-0.3, -0.25) is 4.79 Å². The van der Waals surface area contributed by atoms with Crippen molar-refractivity contribution in [3.63, 3.8) is 0 Å². The Morgan fingerprint density at radius 3 is 2.04 bits per heavy atom. The fourth-order valence-electron chi connectivity index (χ4n) is 2.13. The Morgan fingerprint density at radius 1 is 1.04 bits per heavy atom. The smallest absolute Gasteiger partial charge is 0.459 e. The van der Waals surface area contributed by atoms with Crippen molar-refractivity contribution < 1.29 is 50.2 Å². The molecule has 0 aliphatic carbocycles. The molecule has 1 amide bonds. The number of amides is 1. The first-order valence-corrected chi connectivity index (χ1v) is 7.69. The second-order valence-electron chi connectivity index (χ2n) is 5.70. The first-order chi connectivity index (χ1) is 12.8. The maximum Gasteiger partial charge on any atom is 0.459 e. The number of carbonyl (C=O) groups excluding carboxylic acids is 2. The molecule has 0 fully saturated rings. The van der Waals surface area contributed by atoms with Crippen LogP contribution in [0.4, 0.5) is 30.7 Å². The van der Waals surface area contributed by atoms with Crippen LogP contribution in [0.5, 0.6) is 0 Å². The number of aliphatic hydroxyl groups excluding tert-OH is 1. The van der Waals surface area contributed by atoms with Crippen LogP contribution in [0.15, 0.2) is 30.3 Å². The van der Waals surface area contributed by atoms with Gasteiger partial charge in [0.25, 0.3) is 5.91 Å². The maximum absolute atomic E-state index is 13.4. The summed E-state index contributed by atoms with van der Waals surface area (Å²) in [6.45, 7) is 0. The molecular formula is C16H16F7NO4. The van der Waals surface area contributed by atoms with Gasteiger partial charge >= 0.3 is 24.0 Å². The molecule has 0 aliphatic heterocycles. The van der Waals surface area contributed by atoms with Gasteiger partial charge in [0.2, 0.25) is 0 Å². The van der Waals surface area contributed by atoms with E-state index in [9.17, 15) is 45.4 Å². The predicted octanol–water partition coefficient (Wildman–Crippen LogP) is 2.93. The average Bonchev–Trinajstić information content (AvgIpc) is 2.63. The first-order valence-electron chi connectivity index (χ1n) is 7.69. The van der Waals surface area contributed by atoms with Gasteiger partial charge in [0.1, 0.15) is 12.1 Å². The Bertz CT molecular complexity index is 679. The molecule has 158 valence electrons. The van der Waals surface area contributed by atoms with Crippen LogP contribution in [0.3, 0.4) is 0 Å². The standard InChI is InChI=1S/C16H16F7NO4/c1-28-13(27)10(24-12(26)9-5-3-2-4-6-9)7-8-11(25)14(17,18)15(19,20)16(21,22)23/h2-6,10-11,25H,7-8H2,1H3,(H,24,26)/t10-,11+/m0/s1. The summed E-state index contributed by atoms with van der Waals surface area (Å²) in [5.41, 5.74) is 0.0610. The Labute approximate surface area is 154 Å². The van der Waals surface area contributed by atoms with Crippen LogP contribution < -0.4 is 5.32 Å². The van der Waals surface area contributed by atoms with Gasteiger partial charge in [-0.1, -0.05) is 18.2 Å². The summed E-state index contributed by atoms with van der Waals surface area (Å²) >= 11 is 0. The molecular weight excluding hydrogens is 403 g/mol. The highest BCUT2D eigenvalue weighted by Crippen LogP contribution is 2.48. The highest BCUT2D eigenvalue weighted by molar-refractivity contribution is 5.96. The molecule has 0 bridgehead atoms. The topological polar surface area (TPSA) is 75.6 Å². The number of nitrogens with one attached hydrogen (secondary N) is 1. The number of hydrogen-bond donors (Lipinski definition) is 2. The summed E-state index contributed by atoms with van der Waals surface area (Å²) in [7, 11) is 0.882. The van der Waals surface area contributed by atoms with E-state index in [4.69, 9.17) is 0 Å². The lowest BCUT2D eigenvalue weighted by atomic mass is 9.98. The van der Waals surface area contributed by atoms with E-state index < -0.39 is 54.9 Å². The van der Waals surface area contributed by atoms with Crippen molar-refractivity contribution in [1.82, 2.24) is 5.32 Å². The summed E-state index contributed by atoms with van der Waals surface area (Å²) in [5, 5.41) is 11.3. The van der Waals surface area contributed by atoms with Crippen LogP contribution in [-0.2, 0) is 9.53 Å². The molecule has 0 saturated heterocycles. The Hall–Kier alpha value is -2.37. The molecule has 0 spiro atoms. The van der Waals surface area contributed by atoms with Crippen molar-refractivity contribution in [3.8, 4) is 0 Å². The molecule has 28 heavy (non-hydrogen) atoms. The lowest BCUT2D eigenvalue weighted by Gasteiger charge is -2.31. The minimum Gasteiger partial charge on any atom is -0.467 e. The number of methoxy groups -OCH3 is 1. The van der Waals surface area contributed by atoms with E-state index in [2.05, 4.69) is 10.1 Å². The van der Waals surface area contributed by atoms with E-state index in [1.165, 1.54) is 24.3 Å². The molecule has 0 aromatic heterocycles. The Kier molecular flexibility index (Phi) is 7.40. The molecule has 5 nitrogen and oxygen atoms in total. The van der Waals surface area contributed by atoms with Gasteiger partial charge in [-0.05, 0) is 25.0 Å². The van der Waals surface area contributed by atoms with E-state index in [-0.39, 0.29) is 5.56 Å². The quantitative estimate of drug-likeness (QED) is 0.502. The third-order valence-corrected chi connectivity index (χ3v) is 3.75. The van der Waals surface area contributed by atoms with Crippen molar-refractivity contribution in [2.75, 3.05) is 7.11 Å². The fraction of sp³-hybridized carbons (Fsp3) is 0.500. The Balaban J connectivity index is 2.88. The lowest BCUT2D eigenvalue weighted by molar-refractivity contribution is -0.371. The second-order valence-corrected chi connectivity index (χ2v) is 5.70. The van der Waals surface area contributed by atoms with Crippen LogP contribution in [0.25, 0.3) is 0 Å². The highest BCUT2D eigenvalue weighted by Gasteiger charge is 2.75. The number of hydrogen-bond acceptors (Lipinski definition) is 4. The summed E-state index contributed by atoms with van der Waals surface area (Å²) in [6, 6.07) is 5.56. The van der Waals surface area contributed by atoms with E-state index in [1.807, 2.05) is 0 Å². The minimum atomic E-state index is -6.60. The van der Waals surface area contributed by atoms with Crippen LogP contribution >= 0.6 is 0 Å². The summed E-state index contributed by atoms with van der Waals surface area (Å²) in [4.78, 5) is 23.7. The van der Waals surface area contributed by atoms with Crippen molar-refractivity contribution in [1.29, 1.82) is 0 Å². The highest BCUT2D eigenvalue weighted by atomic mass is 19.4. The number of ether oxygens (including phenoxy) is 1. The molecule has 2 atom stereocenters. The summed E-state index contributed by atoms with van der Waals surface area (Å²) in [5.74, 6) is -14.4. The van der Waals surface area contributed by atoms with Gasteiger partial charge in [0.05, 0.1) is 7.11 Å². The minimum absolute atomic E-state index is 0.0610. The van der Waals surface area contributed by atoms with Crippen LogP contribution in [0.2, 0.25) is 0 Å². The zero-order valence-electron chi connectivity index (χ0n) is 14.3. The van der Waals surface area contributed by atoms with E-state index in [0.717, 1.165) is 7.11 Å². The van der Waals surface area contributed by atoms with Crippen molar-refractivity contribution in [3.05, 3.63) is 35.9 Å². The van der Waals surface area contributed by atoms with Crippen LogP contribution in [0, 0.1) is 0 Å². The SMILES string of the molecule is COC(=O)[C@H](CC[C@@H](O)C(F)(F)C(F)(F)C(F)(F)F)NC(=O)c1ccccc1. The van der Waals surface area contributed by atoms with E-state index in [0.29, 0.717) is 0 Å². The first kappa shape index (κ1) is 23.7. The van der Waals surface area contributed by atoms with Crippen molar-refractivity contribution >= 4 is 11.9 Å². The monoisotopic (exact) mass is 419 g/mol. The average molecular weight is 419 g/mol. The fourth-order valence-corrected chi connectivity index (χ4v) is 2.13. The molecule has 1 aromatic carbocycles. The van der Waals surface area contributed by atoms with Gasteiger partial charge in [-0.15, -0.1) is 0 Å². The number of carbonyl (C=O) groups is 2. The molecule has 0 radical (unpaired) electrons. The van der Waals surface area contributed by atoms with Crippen LogP contribution in [-0.4, -0.2) is 54.3 Å². The van der Waals surface area contributed by atoms with E-state index in [1.54, 1.807) is 6.07 Å². The molecule has 0 saturated carbocycles. The van der Waals surface area contributed by atoms with Crippen molar-refractivity contribution in [2.24, 2.45) is 0 Å². The largest absolute Gasteiger partial charge is 0.467 e. The second kappa shape index (κ2) is 8.76. The van der Waals surface area contributed by atoms with Gasteiger partial charge in [0.15, 0.2) is 0 Å². The molecule has 2 N–H and O–H groups in total. The predicted molar refractivity (Wildman–Crippen MR) is 80.9 cm³/mol. The molecule has 12 heteroatoms. The van der Waals surface area contributed by atoms with E-state index >= 15 is 0 Å². The molecule has 0 heterocycles. The molecule has 0 aliphatic rings.